The van der Waals surface area contributed by atoms with Gasteiger partial charge in [-0.3, -0.25) is 0 Å². The molecular weight excluding hydrogens is 329 g/mol. The fourth-order valence-corrected chi connectivity index (χ4v) is 2.45. The number of aromatic nitrogens is 1. The third-order valence-electron chi connectivity index (χ3n) is 2.69. The van der Waals surface area contributed by atoms with Gasteiger partial charge in [0.1, 0.15) is 10.8 Å². The van der Waals surface area contributed by atoms with E-state index in [1.54, 1.807) is 17.5 Å². The van der Waals surface area contributed by atoms with Gasteiger partial charge < -0.3 is 15.8 Å². The van der Waals surface area contributed by atoms with Gasteiger partial charge in [0.05, 0.1) is 6.54 Å². The Labute approximate surface area is 135 Å². The second-order valence-corrected chi connectivity index (χ2v) is 5.67. The van der Waals surface area contributed by atoms with E-state index in [9.17, 15) is 13.2 Å². The predicted octanol–water partition coefficient (Wildman–Crippen LogP) is 3.53. The van der Waals surface area contributed by atoms with Gasteiger partial charge in [0, 0.05) is 16.8 Å². The van der Waals surface area contributed by atoms with E-state index in [0.717, 1.165) is 11.4 Å². The number of halogens is 3. The molecule has 2 aromatic rings. The van der Waals surface area contributed by atoms with Gasteiger partial charge in [-0.05, 0) is 30.7 Å². The molecule has 0 unspecified atom stereocenters. The first kappa shape index (κ1) is 17.1. The van der Waals surface area contributed by atoms with Gasteiger partial charge in [-0.15, -0.1) is 24.5 Å². The molecule has 0 aliphatic rings. The number of hydrogen-bond acceptors (Lipinski definition) is 4. The molecule has 3 N–H and O–H groups in total. The number of aryl methyl sites for hydroxylation is 1. The van der Waals surface area contributed by atoms with Gasteiger partial charge >= 0.3 is 6.36 Å². The molecule has 0 radical (unpaired) electrons. The van der Waals surface area contributed by atoms with Crippen LogP contribution in [0.4, 0.5) is 18.9 Å². The minimum atomic E-state index is -4.71. The number of hydrogen-bond donors (Lipinski definition) is 2. The molecule has 0 atom stereocenters. The maximum atomic E-state index is 12.1. The minimum Gasteiger partial charge on any atom is -0.406 e. The van der Waals surface area contributed by atoms with Crippen molar-refractivity contribution in [2.24, 2.45) is 10.7 Å². The number of anilines is 1. The summed E-state index contributed by atoms with van der Waals surface area (Å²) in [4.78, 5) is 9.52. The number of thiazole rings is 1. The third-order valence-corrected chi connectivity index (χ3v) is 3.82. The van der Waals surface area contributed by atoms with E-state index in [1.807, 2.05) is 6.92 Å². The van der Waals surface area contributed by atoms with Crippen LogP contribution in [-0.4, -0.2) is 17.3 Å². The van der Waals surface area contributed by atoms with Gasteiger partial charge in [0.15, 0.2) is 5.96 Å². The molecular formula is C14H15F3N4OS. The number of alkyl halides is 3. The van der Waals surface area contributed by atoms with Crippen LogP contribution in [0.15, 0.2) is 35.5 Å². The zero-order valence-electron chi connectivity index (χ0n) is 12.2. The number of rotatable bonds is 5. The summed E-state index contributed by atoms with van der Waals surface area (Å²) in [6, 6.07) is 5.22. The van der Waals surface area contributed by atoms with E-state index in [0.29, 0.717) is 12.2 Å². The van der Waals surface area contributed by atoms with Crippen LogP contribution >= 0.6 is 11.3 Å². The molecule has 0 bridgehead atoms. The lowest BCUT2D eigenvalue weighted by Crippen LogP contribution is -2.22. The lowest BCUT2D eigenvalue weighted by atomic mass is 10.3. The van der Waals surface area contributed by atoms with Gasteiger partial charge in [-0.1, -0.05) is 6.92 Å². The first-order valence-corrected chi connectivity index (χ1v) is 7.53. The first-order valence-electron chi connectivity index (χ1n) is 6.72. The summed E-state index contributed by atoms with van der Waals surface area (Å²) < 4.78 is 40.0. The van der Waals surface area contributed by atoms with Crippen molar-refractivity contribution >= 4 is 23.0 Å². The lowest BCUT2D eigenvalue weighted by molar-refractivity contribution is -0.274. The van der Waals surface area contributed by atoms with Crippen LogP contribution in [0.1, 0.15) is 16.8 Å². The topological polar surface area (TPSA) is 72.5 Å². The van der Waals surface area contributed by atoms with Crippen LogP contribution < -0.4 is 15.8 Å². The molecule has 9 heteroatoms. The number of guanidine groups is 1. The van der Waals surface area contributed by atoms with Gasteiger partial charge in [-0.25, -0.2) is 9.98 Å². The summed E-state index contributed by atoms with van der Waals surface area (Å²) in [6.07, 6.45) is -1.99. The number of aliphatic imine (C=N–C) groups is 1. The van der Waals surface area contributed by atoms with E-state index < -0.39 is 6.36 Å². The molecule has 0 aliphatic heterocycles. The quantitative estimate of drug-likeness (QED) is 0.643. The van der Waals surface area contributed by atoms with Gasteiger partial charge in [0.25, 0.3) is 0 Å². The maximum Gasteiger partial charge on any atom is 0.573 e. The molecule has 0 spiro atoms. The summed E-state index contributed by atoms with van der Waals surface area (Å²) in [5, 5.41) is 3.64. The monoisotopic (exact) mass is 344 g/mol. The zero-order chi connectivity index (χ0) is 16.9. The number of nitrogens with one attached hydrogen (secondary N) is 1. The number of ether oxygens (including phenoxy) is 1. The standard InChI is InChI=1S/C14H15F3N4OS/c1-2-11-7-19-12(23-11)8-20-13(18)21-9-3-5-10(6-4-9)22-14(15,16)17/h3-7H,2,8H2,1H3,(H3,18,20,21). The Bertz CT molecular complexity index is 667. The maximum absolute atomic E-state index is 12.1. The summed E-state index contributed by atoms with van der Waals surface area (Å²) >= 11 is 1.56. The van der Waals surface area contributed by atoms with Crippen molar-refractivity contribution in [1.82, 2.24) is 4.98 Å². The second-order valence-electron chi connectivity index (χ2n) is 4.47. The number of nitrogens with zero attached hydrogens (tertiary/aromatic N) is 2. The molecule has 5 nitrogen and oxygen atoms in total. The van der Waals surface area contributed by atoms with Crippen molar-refractivity contribution in [1.29, 1.82) is 0 Å². The summed E-state index contributed by atoms with van der Waals surface area (Å²) in [6.45, 7) is 2.39. The van der Waals surface area contributed by atoms with Crippen LogP contribution in [0.25, 0.3) is 0 Å². The molecule has 2 rings (SSSR count). The third kappa shape index (κ3) is 5.78. The normalized spacial score (nSPS) is 12.3. The Morgan fingerprint density at radius 1 is 1.35 bits per heavy atom. The Morgan fingerprint density at radius 3 is 2.61 bits per heavy atom. The highest BCUT2D eigenvalue weighted by molar-refractivity contribution is 7.11. The fourth-order valence-electron chi connectivity index (χ4n) is 1.66. The highest BCUT2D eigenvalue weighted by Gasteiger charge is 2.30. The highest BCUT2D eigenvalue weighted by Crippen LogP contribution is 2.23. The van der Waals surface area contributed by atoms with Gasteiger partial charge in [0.2, 0.25) is 0 Å². The van der Waals surface area contributed by atoms with E-state index in [1.165, 1.54) is 29.1 Å². The van der Waals surface area contributed by atoms with Crippen LogP contribution in [0, 0.1) is 0 Å². The molecule has 1 aromatic carbocycles. The average molecular weight is 344 g/mol. The summed E-state index contributed by atoms with van der Waals surface area (Å²) in [5.74, 6) is -0.142. The van der Waals surface area contributed by atoms with Crippen LogP contribution in [0.3, 0.4) is 0 Å². The van der Waals surface area contributed by atoms with E-state index in [-0.39, 0.29) is 11.7 Å². The van der Waals surface area contributed by atoms with Crippen LogP contribution in [-0.2, 0) is 13.0 Å². The fraction of sp³-hybridized carbons (Fsp3) is 0.286. The molecule has 0 saturated heterocycles. The van der Waals surface area contributed by atoms with Crippen molar-refractivity contribution in [3.8, 4) is 5.75 Å². The minimum absolute atomic E-state index is 0.155. The first-order chi connectivity index (χ1) is 10.9. The summed E-state index contributed by atoms with van der Waals surface area (Å²) in [5.41, 5.74) is 6.25. The predicted molar refractivity (Wildman–Crippen MR) is 83.6 cm³/mol. The van der Waals surface area contributed by atoms with Crippen LogP contribution in [0.2, 0.25) is 0 Å². The van der Waals surface area contributed by atoms with E-state index in [4.69, 9.17) is 5.73 Å². The van der Waals surface area contributed by atoms with E-state index in [2.05, 4.69) is 20.0 Å². The molecule has 124 valence electrons. The molecule has 0 fully saturated rings. The largest absolute Gasteiger partial charge is 0.573 e. The van der Waals surface area contributed by atoms with Crippen molar-refractivity contribution in [2.45, 2.75) is 26.3 Å². The Kier molecular flexibility index (Phi) is 5.43. The lowest BCUT2D eigenvalue weighted by Gasteiger charge is -2.10. The summed E-state index contributed by atoms with van der Waals surface area (Å²) in [7, 11) is 0. The van der Waals surface area contributed by atoms with Crippen molar-refractivity contribution < 1.29 is 17.9 Å². The number of benzene rings is 1. The van der Waals surface area contributed by atoms with Crippen molar-refractivity contribution in [2.75, 3.05) is 5.32 Å². The smallest absolute Gasteiger partial charge is 0.406 e. The Balaban J connectivity index is 1.91. The molecule has 23 heavy (non-hydrogen) atoms. The molecule has 1 heterocycles. The Morgan fingerprint density at radius 2 is 2.04 bits per heavy atom. The second kappa shape index (κ2) is 7.32. The average Bonchev–Trinajstić information content (AvgIpc) is 2.94. The Hall–Kier alpha value is -2.29. The van der Waals surface area contributed by atoms with E-state index >= 15 is 0 Å². The zero-order valence-corrected chi connectivity index (χ0v) is 13.0. The van der Waals surface area contributed by atoms with Crippen molar-refractivity contribution in [3.63, 3.8) is 0 Å². The van der Waals surface area contributed by atoms with Gasteiger partial charge in [-0.2, -0.15) is 0 Å². The molecule has 0 aliphatic carbocycles. The highest BCUT2D eigenvalue weighted by atomic mass is 32.1. The molecule has 0 amide bonds. The molecule has 1 aromatic heterocycles. The van der Waals surface area contributed by atoms with Crippen LogP contribution in [0.5, 0.6) is 5.75 Å². The molecule has 0 saturated carbocycles. The number of nitrogens with two attached hydrogens (primary N) is 1. The van der Waals surface area contributed by atoms with Crippen molar-refractivity contribution in [3.05, 3.63) is 40.3 Å². The SMILES string of the molecule is CCc1cnc(CN=C(N)Nc2ccc(OC(F)(F)F)cc2)s1.